The van der Waals surface area contributed by atoms with Gasteiger partial charge in [-0.15, -0.1) is 0 Å². The smallest absolute Gasteiger partial charge is 0.00287 e. The maximum Gasteiger partial charge on any atom is -0.00287 e. The van der Waals surface area contributed by atoms with E-state index in [1.807, 2.05) is 0 Å². The second-order valence-electron chi connectivity index (χ2n) is 14.8. The summed E-state index contributed by atoms with van der Waals surface area (Å²) in [6.07, 6.45) is 2.07. The van der Waals surface area contributed by atoms with Gasteiger partial charge in [-0.3, -0.25) is 0 Å². The van der Waals surface area contributed by atoms with Crippen molar-refractivity contribution in [1.29, 1.82) is 0 Å². The van der Waals surface area contributed by atoms with Crippen molar-refractivity contribution in [2.75, 3.05) is 13.3 Å². The topological polar surface area (TPSA) is 0 Å². The van der Waals surface area contributed by atoms with Crippen LogP contribution in [0.5, 0.6) is 0 Å². The monoisotopic (exact) mass is 730 g/mol. The molecular formula is C52H44P2. The van der Waals surface area contributed by atoms with E-state index in [1.165, 1.54) is 87.6 Å². The Balaban J connectivity index is 1.13. The van der Waals surface area contributed by atoms with E-state index in [4.69, 9.17) is 0 Å². The first kappa shape index (κ1) is 34.6. The summed E-state index contributed by atoms with van der Waals surface area (Å²) in [7, 11) is -0.974. The van der Waals surface area contributed by atoms with Crippen molar-refractivity contribution in [3.63, 3.8) is 0 Å². The molecule has 0 heterocycles. The van der Waals surface area contributed by atoms with Crippen LogP contribution >= 0.6 is 15.8 Å². The van der Waals surface area contributed by atoms with Crippen LogP contribution in [-0.2, 0) is 12.3 Å². The number of fused-ring (bicyclic) bond motifs is 4. The molecule has 9 aromatic carbocycles. The fourth-order valence-electron chi connectivity index (χ4n) is 8.70. The highest BCUT2D eigenvalue weighted by atomic mass is 31.1. The Bertz CT molecular complexity index is 2650. The molecule has 262 valence electrons. The first-order valence-electron chi connectivity index (χ1n) is 19.0. The van der Waals surface area contributed by atoms with Crippen LogP contribution in [0.3, 0.4) is 0 Å². The van der Waals surface area contributed by atoms with Crippen molar-refractivity contribution in [2.24, 2.45) is 0 Å². The van der Waals surface area contributed by atoms with E-state index in [1.54, 1.807) is 10.6 Å². The third-order valence-corrected chi connectivity index (χ3v) is 15.6. The van der Waals surface area contributed by atoms with Gasteiger partial charge in [0, 0.05) is 0 Å². The third-order valence-electron chi connectivity index (χ3n) is 11.3. The molecule has 0 saturated carbocycles. The average molecular weight is 731 g/mol. The molecule has 0 aliphatic heterocycles. The Kier molecular flexibility index (Phi) is 9.37. The normalized spacial score (nSPS) is 12.8. The van der Waals surface area contributed by atoms with Gasteiger partial charge >= 0.3 is 0 Å². The van der Waals surface area contributed by atoms with E-state index in [0.717, 1.165) is 12.3 Å². The van der Waals surface area contributed by atoms with Gasteiger partial charge in [0.1, 0.15) is 0 Å². The maximum absolute atomic E-state index is 2.51. The summed E-state index contributed by atoms with van der Waals surface area (Å²) >= 11 is 0. The summed E-state index contributed by atoms with van der Waals surface area (Å²) < 4.78 is 0. The molecule has 9 aromatic rings. The van der Waals surface area contributed by atoms with Crippen molar-refractivity contribution in [3.05, 3.63) is 192 Å². The zero-order chi connectivity index (χ0) is 36.8. The van der Waals surface area contributed by atoms with Gasteiger partial charge in [-0.25, -0.2) is 0 Å². The van der Waals surface area contributed by atoms with Gasteiger partial charge in [0.05, 0.1) is 0 Å². The number of aryl methyl sites for hydroxylation is 2. The first-order chi connectivity index (χ1) is 26.5. The van der Waals surface area contributed by atoms with E-state index in [-0.39, 0.29) is 0 Å². The minimum Gasteiger partial charge on any atom is -0.0733 e. The van der Waals surface area contributed by atoms with E-state index < -0.39 is 15.8 Å². The second kappa shape index (κ2) is 14.6. The molecule has 0 aliphatic rings. The van der Waals surface area contributed by atoms with Gasteiger partial charge in [-0.05, 0) is 138 Å². The predicted molar refractivity (Wildman–Crippen MR) is 242 cm³/mol. The highest BCUT2D eigenvalue weighted by Crippen LogP contribution is 2.47. The summed E-state index contributed by atoms with van der Waals surface area (Å²) in [5.41, 5.74) is 11.1. The molecule has 0 bridgehead atoms. The zero-order valence-electron chi connectivity index (χ0n) is 31.5. The van der Waals surface area contributed by atoms with Crippen LogP contribution in [0.15, 0.2) is 170 Å². The molecular weight excluding hydrogens is 687 g/mol. The molecule has 0 amide bonds. The quantitative estimate of drug-likeness (QED) is 0.137. The van der Waals surface area contributed by atoms with Gasteiger partial charge in [0.2, 0.25) is 0 Å². The third kappa shape index (κ3) is 6.23. The molecule has 0 nitrogen and oxygen atoms in total. The van der Waals surface area contributed by atoms with Crippen LogP contribution in [0, 0.1) is 13.8 Å². The minimum absolute atomic E-state index is 0.487. The maximum atomic E-state index is 2.51. The lowest BCUT2D eigenvalue weighted by molar-refractivity contribution is 1.39. The summed E-state index contributed by atoms with van der Waals surface area (Å²) in [6, 6.07) is 63.7. The van der Waals surface area contributed by atoms with Crippen molar-refractivity contribution < 1.29 is 0 Å². The fourth-order valence-corrected chi connectivity index (χ4v) is 13.2. The number of hydrogen-bond donors (Lipinski definition) is 0. The molecule has 2 heteroatoms. The summed E-state index contributed by atoms with van der Waals surface area (Å²) in [5.74, 6) is 0. The lowest BCUT2D eigenvalue weighted by Crippen LogP contribution is -2.22. The predicted octanol–water partition coefficient (Wildman–Crippen LogP) is 14.1. The van der Waals surface area contributed by atoms with Crippen molar-refractivity contribution >= 4 is 69.5 Å². The summed E-state index contributed by atoms with van der Waals surface area (Å²) in [6.45, 7) is 9.57. The Labute approximate surface area is 322 Å². The lowest BCUT2D eigenvalue weighted by atomic mass is 9.88. The highest BCUT2D eigenvalue weighted by molar-refractivity contribution is 7.70. The molecule has 9 rings (SSSR count). The standard InChI is InChI=1S/C52H44P2/c1-35-25-27-37-15-5-9-19-43(37)49(35)51-41(31-29-39-17-7-11-21-45(39)51)33-53(3)47-23-13-14-24-48(47)54(4)34-42-32-30-40-18-8-12-22-46(40)52(42)50-36(2)26-28-38-16-6-10-20-44(38)50/h5-32H,33-34H2,1-4H3/t53-,54+. The number of benzene rings is 9. The molecule has 0 saturated heterocycles. The van der Waals surface area contributed by atoms with Gasteiger partial charge in [-0.2, -0.15) is 0 Å². The molecule has 0 N–H and O–H groups in total. The first-order valence-corrected chi connectivity index (χ1v) is 22.9. The van der Waals surface area contributed by atoms with Crippen LogP contribution in [0.2, 0.25) is 0 Å². The Morgan fingerprint density at radius 2 is 0.611 bits per heavy atom. The van der Waals surface area contributed by atoms with Crippen molar-refractivity contribution in [3.8, 4) is 22.3 Å². The van der Waals surface area contributed by atoms with Crippen LogP contribution < -0.4 is 10.6 Å². The average Bonchev–Trinajstić information content (AvgIpc) is 3.21. The molecule has 0 spiro atoms. The van der Waals surface area contributed by atoms with Gasteiger partial charge in [0.15, 0.2) is 0 Å². The van der Waals surface area contributed by atoms with Gasteiger partial charge < -0.3 is 0 Å². The summed E-state index contributed by atoms with van der Waals surface area (Å²) in [4.78, 5) is 0. The largest absolute Gasteiger partial charge is 0.0733 e. The second-order valence-corrected chi connectivity index (χ2v) is 19.2. The highest BCUT2D eigenvalue weighted by Gasteiger charge is 2.22. The van der Waals surface area contributed by atoms with Crippen LogP contribution in [-0.4, -0.2) is 13.3 Å². The van der Waals surface area contributed by atoms with E-state index in [0.29, 0.717) is 0 Å². The molecule has 0 aliphatic carbocycles. The van der Waals surface area contributed by atoms with Crippen molar-refractivity contribution in [2.45, 2.75) is 26.2 Å². The number of rotatable bonds is 8. The molecule has 2 atom stereocenters. The molecule has 0 unspecified atom stereocenters. The van der Waals surface area contributed by atoms with E-state index in [9.17, 15) is 0 Å². The van der Waals surface area contributed by atoms with E-state index in [2.05, 4.69) is 197 Å². The van der Waals surface area contributed by atoms with Crippen LogP contribution in [0.1, 0.15) is 22.3 Å². The molecule has 0 aromatic heterocycles. The van der Waals surface area contributed by atoms with Gasteiger partial charge in [-0.1, -0.05) is 186 Å². The molecule has 54 heavy (non-hydrogen) atoms. The van der Waals surface area contributed by atoms with Crippen molar-refractivity contribution in [1.82, 2.24) is 0 Å². The summed E-state index contributed by atoms with van der Waals surface area (Å²) in [5, 5.41) is 13.6. The lowest BCUT2D eigenvalue weighted by Gasteiger charge is -2.25. The SMILES string of the molecule is Cc1ccc2ccccc2c1-c1c(C[P@@](C)c2ccccc2[P@@](C)Cc2ccc3ccccc3c2-c2c(C)ccc3ccccc23)ccc2ccccc12. The molecule has 0 fully saturated rings. The van der Waals surface area contributed by atoms with Crippen LogP contribution in [0.4, 0.5) is 0 Å². The van der Waals surface area contributed by atoms with E-state index >= 15 is 0 Å². The zero-order valence-corrected chi connectivity index (χ0v) is 33.3. The van der Waals surface area contributed by atoms with Crippen LogP contribution in [0.25, 0.3) is 65.3 Å². The Morgan fingerprint density at radius 3 is 0.981 bits per heavy atom. The minimum atomic E-state index is -0.487. The molecule has 0 radical (unpaired) electrons. The Hall–Kier alpha value is -5.12. The Morgan fingerprint density at radius 1 is 0.315 bits per heavy atom. The van der Waals surface area contributed by atoms with Gasteiger partial charge in [0.25, 0.3) is 0 Å². The fraction of sp³-hybridized carbons (Fsp3) is 0.115. The number of hydrogen-bond acceptors (Lipinski definition) is 0.